The Morgan fingerprint density at radius 3 is 2.21 bits per heavy atom. The fourth-order valence-corrected chi connectivity index (χ4v) is 1.84. The fraction of sp³-hybridized carbons (Fsp3) is 0.500. The van der Waals surface area contributed by atoms with Crippen molar-refractivity contribution in [3.8, 4) is 0 Å². The van der Waals surface area contributed by atoms with Gasteiger partial charge in [-0.2, -0.15) is 0 Å². The van der Waals surface area contributed by atoms with Crippen LogP contribution < -0.4 is 4.31 Å². The van der Waals surface area contributed by atoms with Crippen LogP contribution in [-0.4, -0.2) is 13.3 Å². The number of hydrogen-bond donors (Lipinski definition) is 0. The van der Waals surface area contributed by atoms with E-state index in [1.165, 1.54) is 11.3 Å². The van der Waals surface area contributed by atoms with Crippen molar-refractivity contribution >= 4 is 17.6 Å². The van der Waals surface area contributed by atoms with Crippen molar-refractivity contribution in [1.29, 1.82) is 0 Å². The molecule has 0 radical (unpaired) electrons. The molecule has 2 heteroatoms. The lowest BCUT2D eigenvalue weighted by atomic mass is 9.86. The summed E-state index contributed by atoms with van der Waals surface area (Å²) in [5.74, 6) is 0. The van der Waals surface area contributed by atoms with Crippen molar-refractivity contribution in [1.82, 2.24) is 0 Å². The lowest BCUT2D eigenvalue weighted by Crippen LogP contribution is -2.17. The van der Waals surface area contributed by atoms with E-state index >= 15 is 0 Å². The van der Waals surface area contributed by atoms with Crippen LogP contribution in [0.5, 0.6) is 0 Å². The molecule has 1 aromatic rings. The summed E-state index contributed by atoms with van der Waals surface area (Å²) in [5.41, 5.74) is 2.92. The Morgan fingerprint density at radius 2 is 1.71 bits per heavy atom. The molecule has 1 aromatic carbocycles. The molecule has 0 heterocycles. The Hall–Kier alpha value is -0.630. The predicted molar refractivity (Wildman–Crippen MR) is 67.1 cm³/mol. The third kappa shape index (κ3) is 2.44. The Bertz CT molecular complexity index is 301. The molecule has 14 heavy (non-hydrogen) atoms. The predicted octanol–water partition coefficient (Wildman–Crippen LogP) is 3.70. The molecule has 0 N–H and O–H groups in total. The summed E-state index contributed by atoms with van der Waals surface area (Å²) in [7, 11) is 2.11. The number of hydrogen-bond acceptors (Lipinski definition) is 2. The van der Waals surface area contributed by atoms with E-state index in [0.717, 1.165) is 0 Å². The summed E-state index contributed by atoms with van der Waals surface area (Å²) in [4.78, 5) is 0. The van der Waals surface area contributed by atoms with Crippen LogP contribution in [-0.2, 0) is 5.41 Å². The fourth-order valence-electron chi connectivity index (χ4n) is 1.48. The zero-order chi connectivity index (χ0) is 10.8. The van der Waals surface area contributed by atoms with Gasteiger partial charge in [-0.3, -0.25) is 0 Å². The summed E-state index contributed by atoms with van der Waals surface area (Å²) in [6, 6.07) is 8.59. The van der Waals surface area contributed by atoms with E-state index in [4.69, 9.17) is 0 Å². The second kappa shape index (κ2) is 4.26. The minimum absolute atomic E-state index is 0.209. The van der Waals surface area contributed by atoms with Crippen LogP contribution in [0, 0.1) is 0 Å². The highest BCUT2D eigenvalue weighted by Crippen LogP contribution is 2.32. The molecular formula is C12H19NS. The molecular weight excluding hydrogens is 190 g/mol. The van der Waals surface area contributed by atoms with Gasteiger partial charge in [0.1, 0.15) is 0 Å². The van der Waals surface area contributed by atoms with E-state index in [0.29, 0.717) is 0 Å². The third-order valence-corrected chi connectivity index (χ3v) is 3.07. The smallest absolute Gasteiger partial charge is 0.0503 e. The van der Waals surface area contributed by atoms with Gasteiger partial charge in [-0.1, -0.05) is 50.9 Å². The third-order valence-electron chi connectivity index (χ3n) is 2.33. The van der Waals surface area contributed by atoms with Gasteiger partial charge in [0.2, 0.25) is 0 Å². The molecule has 0 spiro atoms. The molecule has 1 nitrogen and oxygen atoms in total. The molecule has 0 aromatic heterocycles. The van der Waals surface area contributed by atoms with Gasteiger partial charge in [-0.05, 0) is 17.0 Å². The van der Waals surface area contributed by atoms with Crippen molar-refractivity contribution in [3.63, 3.8) is 0 Å². The van der Waals surface area contributed by atoms with Crippen LogP contribution in [0.3, 0.4) is 0 Å². The number of rotatable bonds is 2. The van der Waals surface area contributed by atoms with E-state index < -0.39 is 0 Å². The summed E-state index contributed by atoms with van der Waals surface area (Å²) < 4.78 is 2.21. The van der Waals surface area contributed by atoms with Crippen LogP contribution in [0.25, 0.3) is 0 Å². The van der Waals surface area contributed by atoms with Gasteiger partial charge in [0, 0.05) is 13.3 Å². The van der Waals surface area contributed by atoms with Gasteiger partial charge in [0.05, 0.1) is 5.69 Å². The monoisotopic (exact) mass is 209 g/mol. The maximum atomic E-state index is 2.25. The molecule has 0 amide bonds. The normalized spacial score (nSPS) is 11.5. The summed E-state index contributed by atoms with van der Waals surface area (Å²) in [6.45, 7) is 6.75. The summed E-state index contributed by atoms with van der Waals surface area (Å²) in [5, 5.41) is 0. The number of benzene rings is 1. The minimum Gasteiger partial charge on any atom is -0.319 e. The first-order valence-electron chi connectivity index (χ1n) is 4.84. The SMILES string of the molecule is CSN(C)c1ccccc1C(C)(C)C. The zero-order valence-electron chi connectivity index (χ0n) is 9.66. The molecule has 0 unspecified atom stereocenters. The van der Waals surface area contributed by atoms with Gasteiger partial charge < -0.3 is 4.31 Å². The lowest BCUT2D eigenvalue weighted by molar-refractivity contribution is 0.591. The van der Waals surface area contributed by atoms with Gasteiger partial charge in [-0.25, -0.2) is 0 Å². The quantitative estimate of drug-likeness (QED) is 0.683. The highest BCUT2D eigenvalue weighted by atomic mass is 32.2. The molecule has 0 bridgehead atoms. The zero-order valence-corrected chi connectivity index (χ0v) is 10.5. The van der Waals surface area contributed by atoms with Crippen molar-refractivity contribution in [2.45, 2.75) is 26.2 Å². The van der Waals surface area contributed by atoms with Gasteiger partial charge >= 0.3 is 0 Å². The molecule has 0 aliphatic rings. The average Bonchev–Trinajstić information content (AvgIpc) is 2.15. The maximum Gasteiger partial charge on any atom is 0.0503 e. The second-order valence-electron chi connectivity index (χ2n) is 4.45. The largest absolute Gasteiger partial charge is 0.319 e. The molecule has 0 aliphatic heterocycles. The van der Waals surface area contributed by atoms with E-state index in [1.54, 1.807) is 11.9 Å². The van der Waals surface area contributed by atoms with Crippen LogP contribution in [0.4, 0.5) is 5.69 Å². The molecule has 0 saturated carbocycles. The lowest BCUT2D eigenvalue weighted by Gasteiger charge is -2.27. The van der Waals surface area contributed by atoms with E-state index in [2.05, 4.69) is 62.6 Å². The van der Waals surface area contributed by atoms with Crippen molar-refractivity contribution in [3.05, 3.63) is 29.8 Å². The van der Waals surface area contributed by atoms with E-state index in [9.17, 15) is 0 Å². The Morgan fingerprint density at radius 1 is 1.14 bits per heavy atom. The van der Waals surface area contributed by atoms with Crippen LogP contribution in [0.1, 0.15) is 26.3 Å². The topological polar surface area (TPSA) is 3.24 Å². The molecule has 78 valence electrons. The van der Waals surface area contributed by atoms with Crippen molar-refractivity contribution in [2.75, 3.05) is 17.6 Å². The Labute approximate surface area is 91.6 Å². The number of para-hydroxylation sites is 1. The van der Waals surface area contributed by atoms with Crippen molar-refractivity contribution < 1.29 is 0 Å². The van der Waals surface area contributed by atoms with Gasteiger partial charge in [-0.15, -0.1) is 0 Å². The standard InChI is InChI=1S/C12H19NS/c1-12(2,3)10-8-6-7-9-11(10)13(4)14-5/h6-9H,1-5H3. The van der Waals surface area contributed by atoms with Gasteiger partial charge in [0.25, 0.3) is 0 Å². The highest BCUT2D eigenvalue weighted by Gasteiger charge is 2.18. The molecule has 0 aliphatic carbocycles. The maximum absolute atomic E-state index is 2.25. The van der Waals surface area contributed by atoms with Crippen LogP contribution >= 0.6 is 11.9 Å². The molecule has 1 rings (SSSR count). The van der Waals surface area contributed by atoms with Crippen molar-refractivity contribution in [2.24, 2.45) is 0 Å². The first kappa shape index (κ1) is 11.4. The minimum atomic E-state index is 0.209. The van der Waals surface area contributed by atoms with E-state index in [1.807, 2.05) is 0 Å². The van der Waals surface area contributed by atoms with E-state index in [-0.39, 0.29) is 5.41 Å². The first-order chi connectivity index (χ1) is 6.46. The number of nitrogens with zero attached hydrogens (tertiary/aromatic N) is 1. The molecule has 0 fully saturated rings. The summed E-state index contributed by atoms with van der Waals surface area (Å²) in [6.07, 6.45) is 2.10. The Kier molecular flexibility index (Phi) is 3.48. The second-order valence-corrected chi connectivity index (χ2v) is 5.36. The molecule has 0 saturated heterocycles. The van der Waals surface area contributed by atoms with Crippen LogP contribution in [0.15, 0.2) is 24.3 Å². The Balaban J connectivity index is 3.16. The summed E-state index contributed by atoms with van der Waals surface area (Å²) >= 11 is 1.74. The van der Waals surface area contributed by atoms with Crippen LogP contribution in [0.2, 0.25) is 0 Å². The van der Waals surface area contributed by atoms with Gasteiger partial charge in [0.15, 0.2) is 0 Å². The average molecular weight is 209 g/mol. The highest BCUT2D eigenvalue weighted by molar-refractivity contribution is 7.99. The molecule has 0 atom stereocenters. The number of anilines is 1. The first-order valence-corrected chi connectivity index (χ1v) is 6.02.